The monoisotopic (exact) mass is 173 g/mol. The molecule has 0 aromatic carbocycles. The van der Waals surface area contributed by atoms with Crippen molar-refractivity contribution in [2.24, 2.45) is 5.73 Å². The highest BCUT2D eigenvalue weighted by Gasteiger charge is 1.84. The van der Waals surface area contributed by atoms with E-state index >= 15 is 0 Å². The second-order valence-electron chi connectivity index (χ2n) is 1.07. The SMILES string of the molecule is NC(=O)CO.O=S(=O)(O)O. The number of carbonyl (C=O) groups excluding carboxylic acids is 1. The van der Waals surface area contributed by atoms with Gasteiger partial charge >= 0.3 is 10.4 Å². The average Bonchev–Trinajstić information content (AvgIpc) is 1.61. The van der Waals surface area contributed by atoms with E-state index in [1.165, 1.54) is 0 Å². The number of aliphatic hydroxyl groups is 1. The number of hydrogen-bond donors (Lipinski definition) is 4. The summed E-state index contributed by atoms with van der Waals surface area (Å²) < 4.78 is 31.6. The van der Waals surface area contributed by atoms with Crippen LogP contribution < -0.4 is 5.73 Å². The summed E-state index contributed by atoms with van der Waals surface area (Å²) in [6, 6.07) is 0. The van der Waals surface area contributed by atoms with Gasteiger partial charge in [0.1, 0.15) is 6.61 Å². The Bertz CT molecular complexity index is 174. The van der Waals surface area contributed by atoms with E-state index in [1.54, 1.807) is 0 Å². The first kappa shape index (κ1) is 12.0. The van der Waals surface area contributed by atoms with Gasteiger partial charge in [0.2, 0.25) is 5.91 Å². The first-order chi connectivity index (χ1) is 4.27. The van der Waals surface area contributed by atoms with Gasteiger partial charge < -0.3 is 10.8 Å². The van der Waals surface area contributed by atoms with E-state index < -0.39 is 22.9 Å². The lowest BCUT2D eigenvalue weighted by Crippen LogP contribution is -2.14. The molecular weight excluding hydrogens is 166 g/mol. The molecule has 0 saturated carbocycles. The van der Waals surface area contributed by atoms with Gasteiger partial charge in [-0.1, -0.05) is 0 Å². The zero-order valence-corrected chi connectivity index (χ0v) is 5.58. The summed E-state index contributed by atoms with van der Waals surface area (Å²) in [5.74, 6) is -0.690. The van der Waals surface area contributed by atoms with E-state index in [2.05, 4.69) is 5.73 Å². The van der Waals surface area contributed by atoms with Crippen LogP contribution in [0.4, 0.5) is 0 Å². The lowest BCUT2D eigenvalue weighted by atomic mass is 10.7. The quantitative estimate of drug-likeness (QED) is 0.332. The van der Waals surface area contributed by atoms with Gasteiger partial charge in [-0.05, 0) is 0 Å². The van der Waals surface area contributed by atoms with Gasteiger partial charge in [0, 0.05) is 0 Å². The first-order valence-corrected chi connectivity index (χ1v) is 3.26. The van der Waals surface area contributed by atoms with Crippen LogP contribution in [0.2, 0.25) is 0 Å². The zero-order chi connectivity index (χ0) is 8.78. The van der Waals surface area contributed by atoms with E-state index in [0.717, 1.165) is 0 Å². The van der Waals surface area contributed by atoms with Gasteiger partial charge in [-0.3, -0.25) is 13.9 Å². The molecule has 1 amide bonds. The highest BCUT2D eigenvalue weighted by molar-refractivity contribution is 7.79. The summed E-state index contributed by atoms with van der Waals surface area (Å²) in [5, 5.41) is 7.67. The zero-order valence-electron chi connectivity index (χ0n) is 4.76. The van der Waals surface area contributed by atoms with Crippen molar-refractivity contribution < 1.29 is 27.4 Å². The number of primary amides is 1. The lowest BCUT2D eigenvalue weighted by molar-refractivity contribution is -0.120. The van der Waals surface area contributed by atoms with Crippen LogP contribution in [0.1, 0.15) is 0 Å². The normalized spacial score (nSPS) is 9.50. The first-order valence-electron chi connectivity index (χ1n) is 1.86. The van der Waals surface area contributed by atoms with Crippen molar-refractivity contribution in [3.05, 3.63) is 0 Å². The third kappa shape index (κ3) is 171. The van der Waals surface area contributed by atoms with E-state index in [4.69, 9.17) is 22.6 Å². The summed E-state index contributed by atoms with van der Waals surface area (Å²) >= 11 is 0. The third-order valence-corrected chi connectivity index (χ3v) is 0.156. The Labute approximate surface area is 57.0 Å². The van der Waals surface area contributed by atoms with Crippen molar-refractivity contribution >= 4 is 16.3 Å². The second kappa shape index (κ2) is 5.11. The number of amides is 1. The fraction of sp³-hybridized carbons (Fsp3) is 0.500. The second-order valence-corrected chi connectivity index (χ2v) is 1.97. The number of aliphatic hydroxyl groups excluding tert-OH is 1. The average molecular weight is 173 g/mol. The van der Waals surface area contributed by atoms with Gasteiger partial charge in [-0.15, -0.1) is 0 Å². The minimum atomic E-state index is -4.67. The van der Waals surface area contributed by atoms with E-state index in [1.807, 2.05) is 0 Å². The maximum Gasteiger partial charge on any atom is 0.394 e. The molecule has 0 unspecified atom stereocenters. The molecule has 8 heteroatoms. The van der Waals surface area contributed by atoms with Gasteiger partial charge in [0.05, 0.1) is 0 Å². The molecule has 62 valence electrons. The highest BCUT2D eigenvalue weighted by Crippen LogP contribution is 1.59. The Morgan fingerprint density at radius 2 is 1.50 bits per heavy atom. The minimum Gasteiger partial charge on any atom is -0.387 e. The highest BCUT2D eigenvalue weighted by atomic mass is 32.3. The number of rotatable bonds is 1. The molecule has 0 aliphatic carbocycles. The van der Waals surface area contributed by atoms with Gasteiger partial charge in [0.25, 0.3) is 0 Å². The molecule has 0 heterocycles. The molecule has 0 aliphatic rings. The molecule has 0 rings (SSSR count). The molecule has 0 spiro atoms. The maximum absolute atomic E-state index is 9.34. The van der Waals surface area contributed by atoms with Crippen LogP contribution in [0.3, 0.4) is 0 Å². The van der Waals surface area contributed by atoms with Crippen molar-refractivity contribution in [2.45, 2.75) is 0 Å². The van der Waals surface area contributed by atoms with Crippen LogP contribution in [0, 0.1) is 0 Å². The van der Waals surface area contributed by atoms with Crippen molar-refractivity contribution in [3.8, 4) is 0 Å². The molecule has 7 nitrogen and oxygen atoms in total. The lowest BCUT2D eigenvalue weighted by Gasteiger charge is -1.73. The number of hydrogen-bond acceptors (Lipinski definition) is 4. The van der Waals surface area contributed by atoms with Crippen LogP contribution in [-0.4, -0.2) is 35.1 Å². The molecule has 0 saturated heterocycles. The van der Waals surface area contributed by atoms with Gasteiger partial charge in [-0.25, -0.2) is 0 Å². The van der Waals surface area contributed by atoms with Crippen LogP contribution in [0.25, 0.3) is 0 Å². The number of carbonyl (C=O) groups is 1. The molecule has 10 heavy (non-hydrogen) atoms. The minimum absolute atomic E-state index is 0.556. The molecule has 0 bridgehead atoms. The fourth-order valence-corrected chi connectivity index (χ4v) is 0. The molecule has 0 radical (unpaired) electrons. The van der Waals surface area contributed by atoms with Crippen LogP contribution in [0.15, 0.2) is 0 Å². The Kier molecular flexibility index (Phi) is 6.15. The molecule has 0 aromatic heterocycles. The van der Waals surface area contributed by atoms with Crippen LogP contribution >= 0.6 is 0 Å². The van der Waals surface area contributed by atoms with Gasteiger partial charge in [-0.2, -0.15) is 8.42 Å². The Morgan fingerprint density at radius 1 is 1.40 bits per heavy atom. The predicted octanol–water partition coefficient (Wildman–Crippen LogP) is -2.19. The standard InChI is InChI=1S/C2H5NO2.H2O4S/c3-2(5)1-4;1-5(2,3)4/h4H,1H2,(H2,3,5);(H2,1,2,3,4). The summed E-state index contributed by atoms with van der Waals surface area (Å²) in [6.07, 6.45) is 0. The Morgan fingerprint density at radius 3 is 1.50 bits per heavy atom. The third-order valence-electron chi connectivity index (χ3n) is 0.156. The largest absolute Gasteiger partial charge is 0.394 e. The Balaban J connectivity index is 0. The Hall–Kier alpha value is -0.700. The predicted molar refractivity (Wildman–Crippen MR) is 30.5 cm³/mol. The summed E-state index contributed by atoms with van der Waals surface area (Å²) in [4.78, 5) is 9.34. The van der Waals surface area contributed by atoms with Crippen molar-refractivity contribution in [1.82, 2.24) is 0 Å². The van der Waals surface area contributed by atoms with Gasteiger partial charge in [0.15, 0.2) is 0 Å². The molecule has 0 aliphatic heterocycles. The summed E-state index contributed by atoms with van der Waals surface area (Å²) in [7, 11) is -4.67. The molecule has 0 atom stereocenters. The van der Waals surface area contributed by atoms with E-state index in [9.17, 15) is 4.79 Å². The van der Waals surface area contributed by atoms with E-state index in [0.29, 0.717) is 0 Å². The fourth-order valence-electron chi connectivity index (χ4n) is 0. The molecular formula is C2H7NO6S. The van der Waals surface area contributed by atoms with Crippen molar-refractivity contribution in [3.63, 3.8) is 0 Å². The molecule has 5 N–H and O–H groups in total. The maximum atomic E-state index is 9.34. The van der Waals surface area contributed by atoms with Crippen molar-refractivity contribution in [2.75, 3.05) is 6.61 Å². The topological polar surface area (TPSA) is 138 Å². The van der Waals surface area contributed by atoms with E-state index in [-0.39, 0.29) is 0 Å². The molecule has 0 aromatic rings. The van der Waals surface area contributed by atoms with Crippen LogP contribution in [0.5, 0.6) is 0 Å². The smallest absolute Gasteiger partial charge is 0.387 e. The van der Waals surface area contributed by atoms with Crippen LogP contribution in [-0.2, 0) is 15.2 Å². The number of nitrogens with two attached hydrogens (primary N) is 1. The summed E-state index contributed by atoms with van der Waals surface area (Å²) in [5.41, 5.74) is 4.40. The molecule has 0 fully saturated rings. The summed E-state index contributed by atoms with van der Waals surface area (Å²) in [6.45, 7) is -0.556. The van der Waals surface area contributed by atoms with Crippen molar-refractivity contribution in [1.29, 1.82) is 0 Å².